The van der Waals surface area contributed by atoms with E-state index in [2.05, 4.69) is 26.1 Å². The lowest BCUT2D eigenvalue weighted by Gasteiger charge is -2.43. The van der Waals surface area contributed by atoms with Crippen molar-refractivity contribution in [1.29, 1.82) is 0 Å². The van der Waals surface area contributed by atoms with Crippen molar-refractivity contribution in [3.8, 4) is 0 Å². The lowest BCUT2D eigenvalue weighted by atomic mass is 9.68. The lowest BCUT2D eigenvalue weighted by Crippen LogP contribution is -2.50. The molecule has 2 heteroatoms. The van der Waals surface area contributed by atoms with Crippen LogP contribution in [0.2, 0.25) is 0 Å². The van der Waals surface area contributed by atoms with Crippen LogP contribution < -0.4 is 5.32 Å². The highest BCUT2D eigenvalue weighted by Gasteiger charge is 2.58. The van der Waals surface area contributed by atoms with Crippen LogP contribution >= 0.6 is 0 Å². The molecule has 1 nitrogen and oxygen atoms in total. The first kappa shape index (κ1) is 15.0. The van der Waals surface area contributed by atoms with Gasteiger partial charge in [0.2, 0.25) is 0 Å². The fourth-order valence-corrected chi connectivity index (χ4v) is 5.10. The molecular weight excluding hydrogens is 261 g/mol. The van der Waals surface area contributed by atoms with Gasteiger partial charge < -0.3 is 5.32 Å². The maximum absolute atomic E-state index is 13.2. The van der Waals surface area contributed by atoms with Crippen LogP contribution in [0, 0.1) is 29.5 Å². The van der Waals surface area contributed by atoms with E-state index in [-0.39, 0.29) is 5.82 Å². The first-order valence-corrected chi connectivity index (χ1v) is 8.31. The van der Waals surface area contributed by atoms with Crippen LogP contribution in [-0.2, 0) is 6.42 Å². The van der Waals surface area contributed by atoms with E-state index in [1.807, 2.05) is 13.0 Å². The van der Waals surface area contributed by atoms with E-state index in [0.29, 0.717) is 16.9 Å². The number of fused-ring (bicyclic) bond motifs is 2. The summed E-state index contributed by atoms with van der Waals surface area (Å²) >= 11 is 0. The molecule has 2 aliphatic carbocycles. The van der Waals surface area contributed by atoms with E-state index in [0.717, 1.165) is 24.4 Å². The highest BCUT2D eigenvalue weighted by atomic mass is 19.1. The number of rotatable bonds is 4. The molecule has 0 saturated heterocycles. The second-order valence-electron chi connectivity index (χ2n) is 8.12. The van der Waals surface area contributed by atoms with Crippen LogP contribution in [0.15, 0.2) is 18.2 Å². The normalized spacial score (nSPS) is 33.6. The van der Waals surface area contributed by atoms with Gasteiger partial charge in [-0.1, -0.05) is 26.8 Å². The number of halogens is 1. The molecule has 3 atom stereocenters. The van der Waals surface area contributed by atoms with Crippen molar-refractivity contribution in [3.63, 3.8) is 0 Å². The highest BCUT2D eigenvalue weighted by Crippen LogP contribution is 2.62. The molecule has 0 radical (unpaired) electrons. The third-order valence-corrected chi connectivity index (χ3v) is 6.32. The molecule has 1 N–H and O–H groups in total. The molecule has 2 bridgehead atoms. The molecule has 0 spiro atoms. The van der Waals surface area contributed by atoms with Gasteiger partial charge in [0.15, 0.2) is 0 Å². The predicted molar refractivity (Wildman–Crippen MR) is 85.9 cm³/mol. The van der Waals surface area contributed by atoms with Crippen LogP contribution in [0.3, 0.4) is 0 Å². The summed E-state index contributed by atoms with van der Waals surface area (Å²) in [7, 11) is 0. The molecule has 0 heterocycles. The first-order valence-electron chi connectivity index (χ1n) is 8.31. The molecule has 3 unspecified atom stereocenters. The predicted octanol–water partition coefficient (Wildman–Crippen LogP) is 4.48. The minimum atomic E-state index is -0.133. The summed E-state index contributed by atoms with van der Waals surface area (Å²) in [4.78, 5) is 0. The molecule has 21 heavy (non-hydrogen) atoms. The van der Waals surface area contributed by atoms with Gasteiger partial charge in [0.05, 0.1) is 0 Å². The largest absolute Gasteiger partial charge is 0.313 e. The molecule has 1 aromatic carbocycles. The number of hydrogen-bond donors (Lipinski definition) is 1. The summed E-state index contributed by atoms with van der Waals surface area (Å²) < 4.78 is 13.2. The van der Waals surface area contributed by atoms with Crippen LogP contribution in [0.5, 0.6) is 0 Å². The van der Waals surface area contributed by atoms with E-state index in [1.54, 1.807) is 12.1 Å². The second kappa shape index (κ2) is 5.08. The van der Waals surface area contributed by atoms with Crippen LogP contribution in [-0.4, -0.2) is 12.6 Å². The molecular formula is C19H28FN. The van der Waals surface area contributed by atoms with Crippen molar-refractivity contribution >= 4 is 0 Å². The van der Waals surface area contributed by atoms with Gasteiger partial charge in [0.25, 0.3) is 0 Å². The van der Waals surface area contributed by atoms with Crippen molar-refractivity contribution < 1.29 is 4.39 Å². The van der Waals surface area contributed by atoms with Crippen molar-refractivity contribution in [2.24, 2.45) is 16.7 Å². The molecule has 0 aliphatic heterocycles. The molecule has 116 valence electrons. The van der Waals surface area contributed by atoms with Gasteiger partial charge in [0, 0.05) is 6.04 Å². The molecule has 2 fully saturated rings. The molecule has 0 amide bonds. The number of aryl methyl sites for hydroxylation is 1. The van der Waals surface area contributed by atoms with Crippen molar-refractivity contribution in [2.75, 3.05) is 6.54 Å². The Labute approximate surface area is 128 Å². The van der Waals surface area contributed by atoms with Crippen LogP contribution in [0.1, 0.15) is 51.2 Å². The maximum atomic E-state index is 13.2. The van der Waals surface area contributed by atoms with Gasteiger partial charge in [-0.3, -0.25) is 0 Å². The zero-order valence-corrected chi connectivity index (χ0v) is 13.8. The van der Waals surface area contributed by atoms with Gasteiger partial charge in [-0.25, -0.2) is 4.39 Å². The summed E-state index contributed by atoms with van der Waals surface area (Å²) in [6.45, 7) is 10.3. The second-order valence-corrected chi connectivity index (χ2v) is 8.12. The topological polar surface area (TPSA) is 12.0 Å². The third kappa shape index (κ3) is 2.52. The number of hydrogen-bond acceptors (Lipinski definition) is 1. The molecule has 2 aliphatic rings. The Morgan fingerprint density at radius 2 is 2.05 bits per heavy atom. The zero-order valence-electron chi connectivity index (χ0n) is 13.8. The van der Waals surface area contributed by atoms with Crippen molar-refractivity contribution in [2.45, 2.75) is 59.4 Å². The van der Waals surface area contributed by atoms with E-state index in [4.69, 9.17) is 0 Å². The average Bonchev–Trinajstić information content (AvgIpc) is 2.87. The monoisotopic (exact) mass is 289 g/mol. The van der Waals surface area contributed by atoms with Gasteiger partial charge in [0.1, 0.15) is 5.82 Å². The van der Waals surface area contributed by atoms with Crippen molar-refractivity contribution in [1.82, 2.24) is 5.32 Å². The van der Waals surface area contributed by atoms with E-state index in [1.165, 1.54) is 24.8 Å². The quantitative estimate of drug-likeness (QED) is 0.861. The minimum absolute atomic E-state index is 0.133. The maximum Gasteiger partial charge on any atom is 0.123 e. The standard InChI is InChI=1S/C19H28FN/c1-13-11-16(20)6-5-14(13)8-10-21-17-18(2,3)15-7-9-19(17,4)12-15/h5-6,11,15,17,21H,7-10,12H2,1-4H3. The van der Waals surface area contributed by atoms with Gasteiger partial charge in [-0.15, -0.1) is 0 Å². The zero-order chi connectivity index (χ0) is 15.3. The summed E-state index contributed by atoms with van der Waals surface area (Å²) in [5.41, 5.74) is 3.21. The van der Waals surface area contributed by atoms with Gasteiger partial charge in [-0.05, 0) is 79.2 Å². The summed E-state index contributed by atoms with van der Waals surface area (Å²) in [6, 6.07) is 5.76. The molecule has 3 rings (SSSR count). The first-order chi connectivity index (χ1) is 9.83. The summed E-state index contributed by atoms with van der Waals surface area (Å²) in [5.74, 6) is 0.749. The molecule has 0 aromatic heterocycles. The fourth-order valence-electron chi connectivity index (χ4n) is 5.10. The lowest BCUT2D eigenvalue weighted by molar-refractivity contribution is 0.110. The van der Waals surface area contributed by atoms with Gasteiger partial charge in [-0.2, -0.15) is 0 Å². The Balaban J connectivity index is 1.63. The molecule has 1 aromatic rings. The average molecular weight is 289 g/mol. The Hall–Kier alpha value is -0.890. The minimum Gasteiger partial charge on any atom is -0.313 e. The Morgan fingerprint density at radius 1 is 1.29 bits per heavy atom. The number of nitrogens with one attached hydrogen (secondary N) is 1. The third-order valence-electron chi connectivity index (χ3n) is 6.32. The van der Waals surface area contributed by atoms with Crippen LogP contribution in [0.4, 0.5) is 4.39 Å². The van der Waals surface area contributed by atoms with E-state index in [9.17, 15) is 4.39 Å². The highest BCUT2D eigenvalue weighted by molar-refractivity contribution is 5.26. The number of benzene rings is 1. The summed E-state index contributed by atoms with van der Waals surface area (Å²) in [5, 5.41) is 3.84. The van der Waals surface area contributed by atoms with Gasteiger partial charge >= 0.3 is 0 Å². The SMILES string of the molecule is Cc1cc(F)ccc1CCNC1C2(C)CCC(C2)C1(C)C. The van der Waals surface area contributed by atoms with E-state index >= 15 is 0 Å². The van der Waals surface area contributed by atoms with Crippen LogP contribution in [0.25, 0.3) is 0 Å². The Morgan fingerprint density at radius 3 is 2.67 bits per heavy atom. The Kier molecular flexibility index (Phi) is 3.64. The Bertz CT molecular complexity index is 532. The summed E-state index contributed by atoms with van der Waals surface area (Å²) in [6.07, 6.45) is 5.14. The fraction of sp³-hybridized carbons (Fsp3) is 0.684. The van der Waals surface area contributed by atoms with E-state index < -0.39 is 0 Å². The molecule has 2 saturated carbocycles. The van der Waals surface area contributed by atoms with Crippen molar-refractivity contribution in [3.05, 3.63) is 35.1 Å². The smallest absolute Gasteiger partial charge is 0.123 e.